The van der Waals surface area contributed by atoms with Crippen LogP contribution in [-0.4, -0.2) is 80.4 Å². The normalized spacial score (nSPS) is 15.7. The number of carboxylic acid groups (broad SMARTS) is 1. The van der Waals surface area contributed by atoms with E-state index in [-0.39, 0.29) is 12.8 Å². The lowest BCUT2D eigenvalue weighted by Crippen LogP contribution is -2.61. The fraction of sp³-hybridized carbons (Fsp3) is 0.357. The molecule has 3 aromatic rings. The third kappa shape index (κ3) is 7.88. The van der Waals surface area contributed by atoms with E-state index >= 15 is 0 Å². The predicted octanol–water partition coefficient (Wildman–Crippen LogP) is -0.419. The molecule has 0 bridgehead atoms. The van der Waals surface area contributed by atoms with Gasteiger partial charge in [-0.2, -0.15) is 0 Å². The molecule has 214 valence electrons. The zero-order valence-corrected chi connectivity index (χ0v) is 22.2. The van der Waals surface area contributed by atoms with E-state index in [0.29, 0.717) is 5.56 Å². The predicted molar refractivity (Wildman–Crippen MR) is 147 cm³/mol. The maximum Gasteiger partial charge on any atom is 0.328 e. The molecule has 40 heavy (non-hydrogen) atoms. The highest BCUT2D eigenvalue weighted by molar-refractivity contribution is 5.95. The number of aromatic nitrogens is 1. The van der Waals surface area contributed by atoms with Crippen LogP contribution in [0.4, 0.5) is 0 Å². The van der Waals surface area contributed by atoms with Crippen molar-refractivity contribution in [1.29, 1.82) is 0 Å². The van der Waals surface area contributed by atoms with Crippen LogP contribution in [0.3, 0.4) is 0 Å². The number of H-pyrrole nitrogens is 1. The number of amides is 3. The number of aliphatic hydroxyl groups excluding tert-OH is 2. The highest BCUT2D eigenvalue weighted by Crippen LogP contribution is 2.19. The molecule has 0 aliphatic heterocycles. The first-order valence-corrected chi connectivity index (χ1v) is 12.8. The summed E-state index contributed by atoms with van der Waals surface area (Å²) in [6.45, 7) is 2.51. The molecule has 2 aromatic carbocycles. The van der Waals surface area contributed by atoms with Gasteiger partial charge in [-0.15, -0.1) is 0 Å². The molecule has 0 aliphatic rings. The molecule has 0 fully saturated rings. The van der Waals surface area contributed by atoms with Gasteiger partial charge in [0.1, 0.15) is 12.1 Å². The Balaban J connectivity index is 1.73. The molecule has 12 heteroatoms. The van der Waals surface area contributed by atoms with E-state index in [1.54, 1.807) is 36.5 Å². The molecule has 1 heterocycles. The van der Waals surface area contributed by atoms with E-state index in [1.807, 2.05) is 24.3 Å². The molecule has 1 aromatic heterocycles. The minimum Gasteiger partial charge on any atom is -0.480 e. The van der Waals surface area contributed by atoms with Gasteiger partial charge in [-0.3, -0.25) is 14.4 Å². The lowest BCUT2D eigenvalue weighted by atomic mass is 10.0. The second-order valence-corrected chi connectivity index (χ2v) is 9.71. The van der Waals surface area contributed by atoms with Crippen molar-refractivity contribution in [1.82, 2.24) is 20.9 Å². The van der Waals surface area contributed by atoms with Crippen LogP contribution in [0.25, 0.3) is 10.9 Å². The van der Waals surface area contributed by atoms with E-state index < -0.39 is 60.1 Å². The number of hydrogen-bond donors (Lipinski definition) is 8. The van der Waals surface area contributed by atoms with Gasteiger partial charge in [0.25, 0.3) is 0 Å². The van der Waals surface area contributed by atoms with Crippen molar-refractivity contribution in [3.63, 3.8) is 0 Å². The number of hydrogen-bond acceptors (Lipinski definition) is 7. The quantitative estimate of drug-likeness (QED) is 0.139. The van der Waals surface area contributed by atoms with Gasteiger partial charge in [-0.25, -0.2) is 4.79 Å². The molecule has 6 unspecified atom stereocenters. The first-order chi connectivity index (χ1) is 19.0. The van der Waals surface area contributed by atoms with Crippen LogP contribution in [0, 0.1) is 0 Å². The van der Waals surface area contributed by atoms with Crippen LogP contribution in [0.1, 0.15) is 25.0 Å². The summed E-state index contributed by atoms with van der Waals surface area (Å²) in [6.07, 6.45) is -0.864. The van der Waals surface area contributed by atoms with Gasteiger partial charge in [0.2, 0.25) is 17.7 Å². The zero-order chi connectivity index (χ0) is 29.4. The van der Waals surface area contributed by atoms with Crippen molar-refractivity contribution in [2.24, 2.45) is 5.73 Å². The summed E-state index contributed by atoms with van der Waals surface area (Å²) >= 11 is 0. The third-order valence-electron chi connectivity index (χ3n) is 6.48. The van der Waals surface area contributed by atoms with Crippen molar-refractivity contribution >= 4 is 34.6 Å². The average Bonchev–Trinajstić information content (AvgIpc) is 3.32. The average molecular weight is 554 g/mol. The number of benzene rings is 2. The number of fused-ring (bicyclic) bond motifs is 1. The van der Waals surface area contributed by atoms with Gasteiger partial charge in [-0.05, 0) is 37.5 Å². The summed E-state index contributed by atoms with van der Waals surface area (Å²) < 4.78 is 0. The molecular weight excluding hydrogens is 518 g/mol. The standard InChI is InChI=1S/C28H35N5O7/c1-15(34)23(32-25(36)20(29)13-18-14-30-21-11-7-6-10-19(18)21)27(38)31-22(12-17-8-4-3-5-9-17)26(37)33-24(16(2)35)28(39)40/h3-11,14-16,20,22-24,30,34-35H,12-13,29H2,1-2H3,(H,31,38)(H,32,36)(H,33,37)(H,39,40). The smallest absolute Gasteiger partial charge is 0.328 e. The van der Waals surface area contributed by atoms with Crippen LogP contribution in [0.15, 0.2) is 60.8 Å². The Morgan fingerprint density at radius 1 is 0.800 bits per heavy atom. The van der Waals surface area contributed by atoms with Crippen LogP contribution >= 0.6 is 0 Å². The molecule has 3 amide bonds. The van der Waals surface area contributed by atoms with Gasteiger partial charge < -0.3 is 42.0 Å². The van der Waals surface area contributed by atoms with Crippen LogP contribution in [-0.2, 0) is 32.0 Å². The van der Waals surface area contributed by atoms with Crippen LogP contribution in [0.2, 0.25) is 0 Å². The number of nitrogens with one attached hydrogen (secondary N) is 4. The van der Waals surface area contributed by atoms with Crippen molar-refractivity contribution in [3.8, 4) is 0 Å². The monoisotopic (exact) mass is 553 g/mol. The molecule has 6 atom stereocenters. The SMILES string of the molecule is CC(O)C(NC(=O)C(Cc1ccccc1)NC(=O)C(NC(=O)C(N)Cc1c[nH]c2ccccc12)C(C)O)C(=O)O. The second kappa shape index (κ2) is 13.7. The second-order valence-electron chi connectivity index (χ2n) is 9.71. The molecule has 0 radical (unpaired) electrons. The Morgan fingerprint density at radius 2 is 1.40 bits per heavy atom. The highest BCUT2D eigenvalue weighted by atomic mass is 16.4. The summed E-state index contributed by atoms with van der Waals surface area (Å²) in [7, 11) is 0. The summed E-state index contributed by atoms with van der Waals surface area (Å²) in [5.74, 6) is -3.87. The number of aliphatic carboxylic acids is 1. The zero-order valence-electron chi connectivity index (χ0n) is 22.2. The molecule has 0 aliphatic carbocycles. The Morgan fingerprint density at radius 3 is 2.02 bits per heavy atom. The van der Waals surface area contributed by atoms with E-state index in [0.717, 1.165) is 16.5 Å². The molecule has 9 N–H and O–H groups in total. The first kappa shape index (κ1) is 30.3. The van der Waals surface area contributed by atoms with Gasteiger partial charge in [-0.1, -0.05) is 48.5 Å². The van der Waals surface area contributed by atoms with Crippen LogP contribution in [0.5, 0.6) is 0 Å². The number of aromatic amines is 1. The Hall–Kier alpha value is -4.26. The van der Waals surface area contributed by atoms with Gasteiger partial charge >= 0.3 is 5.97 Å². The molecule has 0 saturated carbocycles. The van der Waals surface area contributed by atoms with E-state index in [2.05, 4.69) is 20.9 Å². The number of nitrogens with two attached hydrogens (primary N) is 1. The Labute approximate surface area is 231 Å². The van der Waals surface area contributed by atoms with Gasteiger partial charge in [0.15, 0.2) is 6.04 Å². The topological polar surface area (TPSA) is 207 Å². The Kier molecular flexibility index (Phi) is 10.4. The summed E-state index contributed by atoms with van der Waals surface area (Å²) in [6, 6.07) is 10.8. The van der Waals surface area contributed by atoms with Crippen molar-refractivity contribution in [3.05, 3.63) is 71.9 Å². The lowest BCUT2D eigenvalue weighted by molar-refractivity contribution is -0.145. The van der Waals surface area contributed by atoms with Gasteiger partial charge in [0.05, 0.1) is 18.2 Å². The van der Waals surface area contributed by atoms with Crippen molar-refractivity contribution < 1.29 is 34.5 Å². The molecule has 0 saturated heterocycles. The largest absolute Gasteiger partial charge is 0.480 e. The third-order valence-corrected chi connectivity index (χ3v) is 6.48. The number of rotatable bonds is 13. The van der Waals surface area contributed by atoms with Crippen molar-refractivity contribution in [2.45, 2.75) is 63.1 Å². The molecule has 3 rings (SSSR count). The van der Waals surface area contributed by atoms with Gasteiger partial charge in [0, 0.05) is 23.5 Å². The summed E-state index contributed by atoms with van der Waals surface area (Å²) in [5, 5.41) is 37.5. The van der Waals surface area contributed by atoms with Crippen LogP contribution < -0.4 is 21.7 Å². The summed E-state index contributed by atoms with van der Waals surface area (Å²) in [4.78, 5) is 53.8. The molecule has 0 spiro atoms. The van der Waals surface area contributed by atoms with E-state index in [4.69, 9.17) is 5.73 Å². The number of aliphatic hydroxyl groups is 2. The van der Waals surface area contributed by atoms with E-state index in [9.17, 15) is 34.5 Å². The first-order valence-electron chi connectivity index (χ1n) is 12.8. The number of carbonyl (C=O) groups is 4. The highest BCUT2D eigenvalue weighted by Gasteiger charge is 2.33. The number of carbonyl (C=O) groups excluding carboxylic acids is 3. The maximum absolute atomic E-state index is 13.2. The lowest BCUT2D eigenvalue weighted by Gasteiger charge is -2.27. The summed E-state index contributed by atoms with van der Waals surface area (Å²) in [5.41, 5.74) is 8.48. The molecular formula is C28H35N5O7. The molecule has 12 nitrogen and oxygen atoms in total. The Bertz CT molecular complexity index is 1320. The van der Waals surface area contributed by atoms with Crippen molar-refractivity contribution in [2.75, 3.05) is 0 Å². The minimum atomic E-state index is -1.61. The van der Waals surface area contributed by atoms with E-state index in [1.165, 1.54) is 13.8 Å². The number of carboxylic acids is 1. The number of para-hydroxylation sites is 1. The maximum atomic E-state index is 13.2. The fourth-order valence-corrected chi connectivity index (χ4v) is 4.26. The fourth-order valence-electron chi connectivity index (χ4n) is 4.26. The minimum absolute atomic E-state index is 0.0227.